The normalized spacial score (nSPS) is 36.0. The highest BCUT2D eigenvalue weighted by atomic mass is 28.3. The summed E-state index contributed by atoms with van der Waals surface area (Å²) in [5.74, 6) is 0.531. The summed E-state index contributed by atoms with van der Waals surface area (Å²) >= 11 is 0. The fraction of sp³-hybridized carbons (Fsp3) is 0.600. The van der Waals surface area contributed by atoms with Crippen molar-refractivity contribution < 1.29 is 20.1 Å². The van der Waals surface area contributed by atoms with Crippen LogP contribution >= 0.6 is 0 Å². The van der Waals surface area contributed by atoms with E-state index in [2.05, 4.69) is 49.3 Å². The Balaban J connectivity index is 1.23. The van der Waals surface area contributed by atoms with Gasteiger partial charge in [0.25, 0.3) is 0 Å². The SMILES string of the molecule is CN(C(=O)CCC[Si](C)C)[C@H]1C[C@@H]2CC[C@@]3(O)C(=CC[C@@]4(C)C3CC[C@@H]4c3ccc4ccncc4c3)C=C2[C@@H](O)[C@@H]1O. The summed E-state index contributed by atoms with van der Waals surface area (Å²) in [6, 6.07) is 9.46. The van der Waals surface area contributed by atoms with Gasteiger partial charge in [0.15, 0.2) is 0 Å². The van der Waals surface area contributed by atoms with E-state index in [-0.39, 0.29) is 32.0 Å². The average molecular weight is 588 g/mol. The Morgan fingerprint density at radius 3 is 2.74 bits per heavy atom. The number of aliphatic hydroxyl groups excluding tert-OH is 2. The number of amides is 1. The van der Waals surface area contributed by atoms with E-state index in [0.717, 1.165) is 54.7 Å². The maximum absolute atomic E-state index is 13.0. The maximum atomic E-state index is 13.0. The van der Waals surface area contributed by atoms with Crippen molar-refractivity contribution in [1.82, 2.24) is 9.88 Å². The van der Waals surface area contributed by atoms with Gasteiger partial charge in [0.2, 0.25) is 5.91 Å². The van der Waals surface area contributed by atoms with Crippen LogP contribution in [0.4, 0.5) is 0 Å². The van der Waals surface area contributed by atoms with Crippen LogP contribution in [0.2, 0.25) is 19.1 Å². The zero-order valence-corrected chi connectivity index (χ0v) is 26.6. The number of carbonyl (C=O) groups is 1. The van der Waals surface area contributed by atoms with Gasteiger partial charge in [-0.2, -0.15) is 0 Å². The molecule has 1 aromatic heterocycles. The molecule has 7 heteroatoms. The first-order valence-electron chi connectivity index (χ1n) is 15.9. The summed E-state index contributed by atoms with van der Waals surface area (Å²) in [5, 5.41) is 37.5. The molecule has 0 saturated heterocycles. The minimum atomic E-state index is -1.04. The van der Waals surface area contributed by atoms with Gasteiger partial charge < -0.3 is 20.2 Å². The van der Waals surface area contributed by atoms with E-state index >= 15 is 0 Å². The Kier molecular flexibility index (Phi) is 8.01. The number of hydrogen-bond acceptors (Lipinski definition) is 5. The van der Waals surface area contributed by atoms with Crippen LogP contribution in [-0.2, 0) is 4.79 Å². The highest BCUT2D eigenvalue weighted by Gasteiger charge is 2.59. The number of carbonyl (C=O) groups excluding carboxylic acids is 1. The van der Waals surface area contributed by atoms with Crippen molar-refractivity contribution in [2.75, 3.05) is 7.05 Å². The van der Waals surface area contributed by atoms with Crippen molar-refractivity contribution in [3.8, 4) is 0 Å². The van der Waals surface area contributed by atoms with Gasteiger partial charge in [0.05, 0.1) is 11.6 Å². The quantitative estimate of drug-likeness (QED) is 0.382. The second-order valence-electron chi connectivity index (χ2n) is 14.1. The number of nitrogens with zero attached hydrogens (tertiary/aromatic N) is 2. The van der Waals surface area contributed by atoms with Gasteiger partial charge in [-0.3, -0.25) is 9.78 Å². The standard InChI is InChI=1S/C35H47N2O4Si/c1-34-14-12-26-20-27-23(19-29(33(40)32(27)39)37(2)31(38)6-5-17-42(3)4)11-15-35(26,41)30(34)10-9-28(34)24-8-7-22-13-16-36-21-25(22)18-24/h7-8,12-13,16,18,20-21,23,28-30,32-33,39-41H,5-6,9-11,14-15,17,19H2,1-4H3/t23-,28+,29-,30?,32+,33+,34+,35+/m0/s1. The van der Waals surface area contributed by atoms with E-state index < -0.39 is 23.9 Å². The molecule has 1 amide bonds. The van der Waals surface area contributed by atoms with E-state index in [1.165, 1.54) is 10.9 Å². The number of hydrogen-bond donors (Lipinski definition) is 3. The third-order valence-electron chi connectivity index (χ3n) is 11.5. The summed E-state index contributed by atoms with van der Waals surface area (Å²) in [5.41, 5.74) is 2.02. The van der Waals surface area contributed by atoms with Crippen LogP contribution in [-0.4, -0.2) is 70.8 Å². The molecule has 8 atom stereocenters. The molecule has 1 radical (unpaired) electrons. The van der Waals surface area contributed by atoms with Gasteiger partial charge in [-0.25, -0.2) is 0 Å². The molecule has 42 heavy (non-hydrogen) atoms. The lowest BCUT2D eigenvalue weighted by Gasteiger charge is -2.49. The Hall–Kier alpha value is -2.32. The highest BCUT2D eigenvalue weighted by molar-refractivity contribution is 6.55. The first kappa shape index (κ1) is 29.7. The predicted molar refractivity (Wildman–Crippen MR) is 168 cm³/mol. The lowest BCUT2D eigenvalue weighted by Crippen LogP contribution is -2.54. The minimum Gasteiger partial charge on any atom is -0.388 e. The molecule has 1 unspecified atom stereocenters. The maximum Gasteiger partial charge on any atom is 0.222 e. The van der Waals surface area contributed by atoms with Crippen LogP contribution in [0.25, 0.3) is 10.8 Å². The topological polar surface area (TPSA) is 93.9 Å². The summed E-state index contributed by atoms with van der Waals surface area (Å²) in [7, 11) is 1.41. The number of pyridine rings is 1. The highest BCUT2D eigenvalue weighted by Crippen LogP contribution is 2.64. The van der Waals surface area contributed by atoms with Crippen molar-refractivity contribution in [2.45, 2.75) is 107 Å². The molecule has 4 aliphatic rings. The Labute approximate surface area is 252 Å². The van der Waals surface area contributed by atoms with Gasteiger partial charge in [-0.05, 0) is 102 Å². The molecule has 2 aromatic rings. The molecule has 1 heterocycles. The third-order valence-corrected chi connectivity index (χ3v) is 12.8. The minimum absolute atomic E-state index is 0.0247. The van der Waals surface area contributed by atoms with E-state index in [1.807, 2.05) is 24.5 Å². The molecule has 3 N–H and O–H groups in total. The Bertz CT molecular complexity index is 1410. The van der Waals surface area contributed by atoms with Crippen molar-refractivity contribution >= 4 is 25.5 Å². The van der Waals surface area contributed by atoms with Crippen LogP contribution in [0.1, 0.15) is 69.8 Å². The number of allylic oxidation sites excluding steroid dienone is 1. The first-order valence-corrected chi connectivity index (χ1v) is 18.6. The molecule has 1 aromatic carbocycles. The van der Waals surface area contributed by atoms with E-state index in [0.29, 0.717) is 25.2 Å². The number of aliphatic hydroxyl groups is 3. The van der Waals surface area contributed by atoms with E-state index in [1.54, 1.807) is 11.9 Å². The Morgan fingerprint density at radius 1 is 1.14 bits per heavy atom. The molecule has 2 fully saturated rings. The van der Waals surface area contributed by atoms with Crippen LogP contribution in [0.5, 0.6) is 0 Å². The van der Waals surface area contributed by atoms with Gasteiger partial charge in [0, 0.05) is 40.0 Å². The zero-order chi connectivity index (χ0) is 29.8. The van der Waals surface area contributed by atoms with Gasteiger partial charge in [-0.15, -0.1) is 0 Å². The number of likely N-dealkylation sites (N-methyl/N-ethyl adjacent to an activating group) is 1. The second kappa shape index (κ2) is 11.3. The van der Waals surface area contributed by atoms with Gasteiger partial charge in [-0.1, -0.05) is 50.3 Å². The average Bonchev–Trinajstić information content (AvgIpc) is 3.25. The number of rotatable bonds is 6. The molecule has 225 valence electrons. The molecule has 2 saturated carbocycles. The largest absolute Gasteiger partial charge is 0.388 e. The number of aromatic nitrogens is 1. The molecular weight excluding hydrogens is 540 g/mol. The fourth-order valence-corrected chi connectivity index (χ4v) is 9.89. The third kappa shape index (κ3) is 5.00. The fourth-order valence-electron chi connectivity index (χ4n) is 9.00. The first-order chi connectivity index (χ1) is 20.0. The summed E-state index contributed by atoms with van der Waals surface area (Å²) < 4.78 is 0. The summed E-state index contributed by atoms with van der Waals surface area (Å²) in [4.78, 5) is 19.0. The van der Waals surface area contributed by atoms with Crippen LogP contribution in [0.15, 0.2) is 60.0 Å². The molecule has 0 aliphatic heterocycles. The van der Waals surface area contributed by atoms with Gasteiger partial charge >= 0.3 is 0 Å². The number of fused-ring (bicyclic) bond motifs is 5. The molecule has 6 rings (SSSR count). The molecule has 4 aliphatic carbocycles. The monoisotopic (exact) mass is 587 g/mol. The van der Waals surface area contributed by atoms with Crippen molar-refractivity contribution in [3.63, 3.8) is 0 Å². The van der Waals surface area contributed by atoms with Crippen LogP contribution in [0, 0.1) is 17.3 Å². The van der Waals surface area contributed by atoms with Crippen molar-refractivity contribution in [2.24, 2.45) is 17.3 Å². The summed E-state index contributed by atoms with van der Waals surface area (Å²) in [6.45, 7) is 6.88. The van der Waals surface area contributed by atoms with Crippen molar-refractivity contribution in [1.29, 1.82) is 0 Å². The van der Waals surface area contributed by atoms with Crippen molar-refractivity contribution in [3.05, 3.63) is 65.5 Å². The lowest BCUT2D eigenvalue weighted by atomic mass is 9.58. The smallest absolute Gasteiger partial charge is 0.222 e. The number of benzene rings is 1. The second-order valence-corrected chi connectivity index (χ2v) is 17.1. The lowest BCUT2D eigenvalue weighted by molar-refractivity contribution is -0.138. The predicted octanol–water partition coefficient (Wildman–Crippen LogP) is 5.62. The van der Waals surface area contributed by atoms with Crippen LogP contribution < -0.4 is 0 Å². The zero-order valence-electron chi connectivity index (χ0n) is 25.6. The molecular formula is C35H47N2O4Si. The molecule has 0 bridgehead atoms. The molecule has 6 nitrogen and oxygen atoms in total. The van der Waals surface area contributed by atoms with Crippen LogP contribution in [0.3, 0.4) is 0 Å². The Morgan fingerprint density at radius 2 is 1.95 bits per heavy atom. The summed E-state index contributed by atoms with van der Waals surface area (Å²) in [6.07, 6.45) is 12.1. The van der Waals surface area contributed by atoms with E-state index in [4.69, 9.17) is 0 Å². The van der Waals surface area contributed by atoms with E-state index in [9.17, 15) is 20.1 Å². The van der Waals surface area contributed by atoms with Gasteiger partial charge in [0.1, 0.15) is 12.2 Å². The molecule has 0 spiro atoms.